The van der Waals surface area contributed by atoms with Gasteiger partial charge in [-0.15, -0.1) is 11.3 Å². The van der Waals surface area contributed by atoms with Gasteiger partial charge in [0.15, 0.2) is 0 Å². The maximum atomic E-state index is 12.2. The summed E-state index contributed by atoms with van der Waals surface area (Å²) in [6.07, 6.45) is 4.78. The molecule has 5 nitrogen and oxygen atoms in total. The van der Waals surface area contributed by atoms with Crippen molar-refractivity contribution in [1.29, 1.82) is 0 Å². The lowest BCUT2D eigenvalue weighted by Crippen LogP contribution is -2.55. The standard InChI is InChI=1S/C15H26N4OS/c1-11-5-4-6-15(7-11,19(2)3)10-17-14(20)12-9-21-13(8-16)18-12/h9,11H,4-8,10,16H2,1-3H3,(H,17,20). The lowest BCUT2D eigenvalue weighted by Gasteiger charge is -2.45. The largest absolute Gasteiger partial charge is 0.349 e. The minimum atomic E-state index is -0.0922. The second kappa shape index (κ2) is 6.85. The van der Waals surface area contributed by atoms with E-state index in [1.165, 1.54) is 24.2 Å². The van der Waals surface area contributed by atoms with Gasteiger partial charge in [-0.2, -0.15) is 0 Å². The van der Waals surface area contributed by atoms with Gasteiger partial charge in [0, 0.05) is 24.0 Å². The summed E-state index contributed by atoms with van der Waals surface area (Å²) >= 11 is 1.44. The first-order valence-corrected chi connectivity index (χ1v) is 8.45. The number of hydrogen-bond acceptors (Lipinski definition) is 5. The Bertz CT molecular complexity index is 488. The fourth-order valence-electron chi connectivity index (χ4n) is 3.20. The van der Waals surface area contributed by atoms with E-state index < -0.39 is 0 Å². The van der Waals surface area contributed by atoms with Crippen LogP contribution in [0.5, 0.6) is 0 Å². The summed E-state index contributed by atoms with van der Waals surface area (Å²) in [5.41, 5.74) is 6.09. The van der Waals surface area contributed by atoms with Crippen molar-refractivity contribution in [2.45, 2.75) is 44.7 Å². The molecule has 1 aromatic heterocycles. The van der Waals surface area contributed by atoms with E-state index in [0.717, 1.165) is 17.8 Å². The van der Waals surface area contributed by atoms with E-state index in [1.54, 1.807) is 5.38 Å². The molecule has 2 unspecified atom stereocenters. The monoisotopic (exact) mass is 310 g/mol. The normalized spacial score (nSPS) is 26.0. The van der Waals surface area contributed by atoms with E-state index in [0.29, 0.717) is 24.7 Å². The Morgan fingerprint density at radius 1 is 1.62 bits per heavy atom. The molecule has 2 atom stereocenters. The third-order valence-electron chi connectivity index (χ3n) is 4.55. The Hall–Kier alpha value is -0.980. The Morgan fingerprint density at radius 2 is 2.38 bits per heavy atom. The zero-order valence-electron chi connectivity index (χ0n) is 13.2. The van der Waals surface area contributed by atoms with Gasteiger partial charge in [0.2, 0.25) is 0 Å². The third-order valence-corrected chi connectivity index (χ3v) is 5.42. The summed E-state index contributed by atoms with van der Waals surface area (Å²) < 4.78 is 0. The van der Waals surface area contributed by atoms with Crippen LogP contribution in [0.1, 0.15) is 48.1 Å². The number of aromatic nitrogens is 1. The predicted octanol–water partition coefficient (Wildman–Crippen LogP) is 1.84. The average molecular weight is 310 g/mol. The Labute approximate surface area is 130 Å². The minimum Gasteiger partial charge on any atom is -0.349 e. The summed E-state index contributed by atoms with van der Waals surface area (Å²) in [5.74, 6) is 0.617. The molecule has 0 saturated heterocycles. The molecule has 1 aromatic rings. The second-order valence-corrected chi connectivity index (χ2v) is 7.28. The van der Waals surface area contributed by atoms with Gasteiger partial charge in [-0.1, -0.05) is 19.8 Å². The fraction of sp³-hybridized carbons (Fsp3) is 0.733. The number of amides is 1. The number of thiazole rings is 1. The van der Waals surface area contributed by atoms with E-state index in [-0.39, 0.29) is 11.4 Å². The molecule has 0 aromatic carbocycles. The van der Waals surface area contributed by atoms with Crippen LogP contribution in [0, 0.1) is 5.92 Å². The molecular weight excluding hydrogens is 284 g/mol. The summed E-state index contributed by atoms with van der Waals surface area (Å²) in [6, 6.07) is 0. The zero-order valence-corrected chi connectivity index (χ0v) is 14.0. The molecule has 0 radical (unpaired) electrons. The van der Waals surface area contributed by atoms with E-state index in [9.17, 15) is 4.79 Å². The Morgan fingerprint density at radius 3 is 2.95 bits per heavy atom. The van der Waals surface area contributed by atoms with Gasteiger partial charge in [0.1, 0.15) is 10.7 Å². The van der Waals surface area contributed by atoms with Gasteiger partial charge in [0.05, 0.1) is 0 Å². The molecule has 118 valence electrons. The van der Waals surface area contributed by atoms with Crippen LogP contribution >= 0.6 is 11.3 Å². The van der Waals surface area contributed by atoms with Crippen molar-refractivity contribution in [3.05, 3.63) is 16.1 Å². The smallest absolute Gasteiger partial charge is 0.270 e. The fourth-order valence-corrected chi connectivity index (χ4v) is 3.86. The van der Waals surface area contributed by atoms with E-state index in [1.807, 2.05) is 0 Å². The molecule has 1 saturated carbocycles. The van der Waals surface area contributed by atoms with Crippen molar-refractivity contribution in [3.8, 4) is 0 Å². The maximum absolute atomic E-state index is 12.2. The van der Waals surface area contributed by atoms with Crippen LogP contribution in [-0.4, -0.2) is 42.0 Å². The highest BCUT2D eigenvalue weighted by molar-refractivity contribution is 7.09. The van der Waals surface area contributed by atoms with Crippen molar-refractivity contribution in [3.63, 3.8) is 0 Å². The average Bonchev–Trinajstić information content (AvgIpc) is 2.93. The minimum absolute atomic E-state index is 0.0695. The molecule has 1 fully saturated rings. The highest BCUT2D eigenvalue weighted by Gasteiger charge is 2.37. The van der Waals surface area contributed by atoms with Crippen LogP contribution < -0.4 is 11.1 Å². The number of hydrogen-bond donors (Lipinski definition) is 2. The molecule has 0 spiro atoms. The van der Waals surface area contributed by atoms with Crippen molar-refractivity contribution in [2.24, 2.45) is 11.7 Å². The second-order valence-electron chi connectivity index (χ2n) is 6.33. The molecule has 6 heteroatoms. The molecule has 21 heavy (non-hydrogen) atoms. The number of nitrogens with two attached hydrogens (primary N) is 1. The number of nitrogens with zero attached hydrogens (tertiary/aromatic N) is 2. The summed E-state index contributed by atoms with van der Waals surface area (Å²) in [5, 5.41) is 5.65. The Balaban J connectivity index is 2.00. The van der Waals surface area contributed by atoms with Gasteiger partial charge in [0.25, 0.3) is 5.91 Å². The number of rotatable bonds is 5. The molecule has 1 aliphatic carbocycles. The zero-order chi connectivity index (χ0) is 15.5. The SMILES string of the molecule is CC1CCCC(CNC(=O)c2csc(CN)n2)(N(C)C)C1. The Kier molecular flexibility index (Phi) is 5.35. The number of likely N-dealkylation sites (N-methyl/N-ethyl adjacent to an activating group) is 1. The van der Waals surface area contributed by atoms with E-state index in [4.69, 9.17) is 5.73 Å². The van der Waals surface area contributed by atoms with Crippen molar-refractivity contribution < 1.29 is 4.79 Å². The molecule has 2 rings (SSSR count). The first-order chi connectivity index (χ1) is 9.97. The molecular formula is C15H26N4OS. The predicted molar refractivity (Wildman–Crippen MR) is 86.4 cm³/mol. The first kappa shape index (κ1) is 16.4. The molecule has 1 amide bonds. The van der Waals surface area contributed by atoms with Gasteiger partial charge in [-0.05, 0) is 32.9 Å². The highest BCUT2D eigenvalue weighted by Crippen LogP contribution is 2.35. The van der Waals surface area contributed by atoms with Crippen LogP contribution in [0.2, 0.25) is 0 Å². The number of carbonyl (C=O) groups is 1. The van der Waals surface area contributed by atoms with Crippen molar-refractivity contribution in [1.82, 2.24) is 15.2 Å². The van der Waals surface area contributed by atoms with Crippen LogP contribution in [0.3, 0.4) is 0 Å². The quantitative estimate of drug-likeness (QED) is 0.870. The third kappa shape index (κ3) is 3.81. The first-order valence-electron chi connectivity index (χ1n) is 7.57. The highest BCUT2D eigenvalue weighted by atomic mass is 32.1. The topological polar surface area (TPSA) is 71.2 Å². The summed E-state index contributed by atoms with van der Waals surface area (Å²) in [6.45, 7) is 3.36. The van der Waals surface area contributed by atoms with Crippen LogP contribution in [0.4, 0.5) is 0 Å². The summed E-state index contributed by atoms with van der Waals surface area (Å²) in [4.78, 5) is 18.8. The molecule has 1 heterocycles. The molecule has 3 N–H and O–H groups in total. The van der Waals surface area contributed by atoms with Crippen LogP contribution in [0.25, 0.3) is 0 Å². The van der Waals surface area contributed by atoms with Gasteiger partial charge >= 0.3 is 0 Å². The number of carbonyl (C=O) groups excluding carboxylic acids is 1. The van der Waals surface area contributed by atoms with Crippen molar-refractivity contribution in [2.75, 3.05) is 20.6 Å². The number of nitrogens with one attached hydrogen (secondary N) is 1. The van der Waals surface area contributed by atoms with Gasteiger partial charge in [-0.25, -0.2) is 4.98 Å². The van der Waals surface area contributed by atoms with Crippen LogP contribution in [-0.2, 0) is 6.54 Å². The van der Waals surface area contributed by atoms with Gasteiger partial charge < -0.3 is 16.0 Å². The van der Waals surface area contributed by atoms with Crippen LogP contribution in [0.15, 0.2) is 5.38 Å². The lowest BCUT2D eigenvalue weighted by atomic mass is 9.75. The maximum Gasteiger partial charge on any atom is 0.270 e. The van der Waals surface area contributed by atoms with Crippen molar-refractivity contribution >= 4 is 17.2 Å². The van der Waals surface area contributed by atoms with E-state index >= 15 is 0 Å². The molecule has 0 aliphatic heterocycles. The van der Waals surface area contributed by atoms with Gasteiger partial charge in [-0.3, -0.25) is 4.79 Å². The lowest BCUT2D eigenvalue weighted by molar-refractivity contribution is 0.0673. The molecule has 1 aliphatic rings. The summed E-state index contributed by atoms with van der Waals surface area (Å²) in [7, 11) is 4.22. The van der Waals surface area contributed by atoms with E-state index in [2.05, 4.69) is 36.2 Å². The molecule has 0 bridgehead atoms.